The molecule has 0 bridgehead atoms. The first-order valence-corrected chi connectivity index (χ1v) is 13.8. The largest absolute Gasteiger partial charge is 0.457 e. The zero-order chi connectivity index (χ0) is 26.4. The molecule has 2 atom stereocenters. The van der Waals surface area contributed by atoms with Crippen molar-refractivity contribution in [2.24, 2.45) is 0 Å². The Morgan fingerprint density at radius 1 is 0.784 bits per heavy atom. The number of benzene rings is 4. The maximum Gasteiger partial charge on any atom is 0.244 e. The molecule has 0 aromatic heterocycles. The molecule has 190 valence electrons. The Bertz CT molecular complexity index is 1440. The lowest BCUT2D eigenvalue weighted by atomic mass is 9.94. The van der Waals surface area contributed by atoms with Crippen LogP contribution in [-0.4, -0.2) is 26.6 Å². The molecule has 0 spiro atoms. The SMILES string of the molecule is Cc1ccccc1C(NC(=O)C(C)N(c1ccc(Oc2ccccc2)cc1)S(C)(=O)=O)c1ccccc1. The predicted octanol–water partition coefficient (Wildman–Crippen LogP) is 5.85. The van der Waals surface area contributed by atoms with E-state index in [1.54, 1.807) is 31.2 Å². The summed E-state index contributed by atoms with van der Waals surface area (Å²) < 4.78 is 32.7. The lowest BCUT2D eigenvalue weighted by Crippen LogP contribution is -2.48. The third-order valence-corrected chi connectivity index (χ3v) is 7.32. The second-order valence-corrected chi connectivity index (χ2v) is 10.7. The van der Waals surface area contributed by atoms with E-state index >= 15 is 0 Å². The number of para-hydroxylation sites is 1. The summed E-state index contributed by atoms with van der Waals surface area (Å²) in [6.07, 6.45) is 1.10. The fourth-order valence-corrected chi connectivity index (χ4v) is 5.43. The quantitative estimate of drug-likeness (QED) is 0.304. The minimum Gasteiger partial charge on any atom is -0.457 e. The Morgan fingerprint density at radius 3 is 1.92 bits per heavy atom. The standard InChI is InChI=1S/C30H30N2O4S/c1-22-12-10-11-17-28(22)29(24-13-6-4-7-14-24)31-30(33)23(2)32(37(3,34)35)25-18-20-27(21-19-25)36-26-15-8-5-9-16-26/h4-21,23,29H,1-3H3,(H,31,33). The number of carbonyl (C=O) groups is 1. The summed E-state index contributed by atoms with van der Waals surface area (Å²) in [5.41, 5.74) is 3.25. The van der Waals surface area contributed by atoms with Crippen LogP contribution in [0.4, 0.5) is 5.69 Å². The number of rotatable bonds is 9. The van der Waals surface area contributed by atoms with Gasteiger partial charge in [-0.1, -0.05) is 72.8 Å². The van der Waals surface area contributed by atoms with E-state index in [2.05, 4.69) is 5.32 Å². The van der Waals surface area contributed by atoms with Crippen LogP contribution in [0.5, 0.6) is 11.5 Å². The third kappa shape index (κ3) is 6.37. The van der Waals surface area contributed by atoms with E-state index in [4.69, 9.17) is 4.74 Å². The summed E-state index contributed by atoms with van der Waals surface area (Å²) in [6.45, 7) is 3.58. The van der Waals surface area contributed by atoms with Crippen LogP contribution >= 0.6 is 0 Å². The Labute approximate surface area is 218 Å². The number of nitrogens with one attached hydrogen (secondary N) is 1. The van der Waals surface area contributed by atoms with Gasteiger partial charge in [0.05, 0.1) is 18.0 Å². The van der Waals surface area contributed by atoms with E-state index in [0.29, 0.717) is 17.2 Å². The molecule has 37 heavy (non-hydrogen) atoms. The molecule has 0 heterocycles. The molecule has 0 saturated heterocycles. The van der Waals surface area contributed by atoms with Gasteiger partial charge in [-0.2, -0.15) is 0 Å². The van der Waals surface area contributed by atoms with Crippen molar-refractivity contribution in [2.45, 2.75) is 25.9 Å². The van der Waals surface area contributed by atoms with Gasteiger partial charge in [-0.3, -0.25) is 9.10 Å². The minimum absolute atomic E-state index is 0.373. The first-order chi connectivity index (χ1) is 17.7. The van der Waals surface area contributed by atoms with Crippen molar-refractivity contribution in [3.8, 4) is 11.5 Å². The van der Waals surface area contributed by atoms with Crippen molar-refractivity contribution in [1.29, 1.82) is 0 Å². The minimum atomic E-state index is -3.78. The second-order valence-electron chi connectivity index (χ2n) is 8.85. The van der Waals surface area contributed by atoms with Gasteiger partial charge in [-0.25, -0.2) is 8.42 Å². The average molecular weight is 515 g/mol. The molecule has 0 aliphatic heterocycles. The van der Waals surface area contributed by atoms with Crippen molar-refractivity contribution in [3.63, 3.8) is 0 Å². The van der Waals surface area contributed by atoms with Crippen LogP contribution in [0.2, 0.25) is 0 Å². The maximum absolute atomic E-state index is 13.5. The number of nitrogens with zero attached hydrogens (tertiary/aromatic N) is 1. The number of hydrogen-bond acceptors (Lipinski definition) is 4. The molecule has 0 aliphatic rings. The van der Waals surface area contributed by atoms with E-state index in [9.17, 15) is 13.2 Å². The number of carbonyl (C=O) groups excluding carboxylic acids is 1. The van der Waals surface area contributed by atoms with Gasteiger partial charge < -0.3 is 10.1 Å². The Hall–Kier alpha value is -4.10. The molecule has 6 nitrogen and oxygen atoms in total. The molecule has 4 aromatic carbocycles. The van der Waals surface area contributed by atoms with Gasteiger partial charge in [0, 0.05) is 0 Å². The molecule has 1 amide bonds. The summed E-state index contributed by atoms with van der Waals surface area (Å²) in [5.74, 6) is 0.822. The molecule has 0 radical (unpaired) electrons. The number of sulfonamides is 1. The summed E-state index contributed by atoms with van der Waals surface area (Å²) in [7, 11) is -3.78. The second kappa shape index (κ2) is 11.3. The van der Waals surface area contributed by atoms with Crippen molar-refractivity contribution in [1.82, 2.24) is 5.32 Å². The highest BCUT2D eigenvalue weighted by molar-refractivity contribution is 7.92. The zero-order valence-electron chi connectivity index (χ0n) is 21.0. The number of hydrogen-bond donors (Lipinski definition) is 1. The Balaban J connectivity index is 1.60. The monoisotopic (exact) mass is 514 g/mol. The predicted molar refractivity (Wildman–Crippen MR) is 147 cm³/mol. The molecule has 0 fully saturated rings. The highest BCUT2D eigenvalue weighted by Gasteiger charge is 2.31. The molecule has 4 aromatic rings. The summed E-state index contributed by atoms with van der Waals surface area (Å²) >= 11 is 0. The van der Waals surface area contributed by atoms with Crippen molar-refractivity contribution in [2.75, 3.05) is 10.6 Å². The first kappa shape index (κ1) is 26.0. The molecule has 7 heteroatoms. The van der Waals surface area contributed by atoms with E-state index in [1.165, 1.54) is 0 Å². The van der Waals surface area contributed by atoms with Crippen LogP contribution in [0.15, 0.2) is 109 Å². The highest BCUT2D eigenvalue weighted by atomic mass is 32.2. The van der Waals surface area contributed by atoms with Crippen LogP contribution in [0.1, 0.15) is 29.7 Å². The van der Waals surface area contributed by atoms with E-state index in [-0.39, 0.29) is 0 Å². The molecule has 4 rings (SSSR count). The fourth-order valence-electron chi connectivity index (χ4n) is 4.25. The van der Waals surface area contributed by atoms with E-state index < -0.39 is 28.0 Å². The van der Waals surface area contributed by atoms with Crippen molar-refractivity contribution >= 4 is 21.6 Å². The smallest absolute Gasteiger partial charge is 0.244 e. The topological polar surface area (TPSA) is 75.7 Å². The van der Waals surface area contributed by atoms with Crippen molar-refractivity contribution in [3.05, 3.63) is 126 Å². The Morgan fingerprint density at radius 2 is 1.32 bits per heavy atom. The zero-order valence-corrected chi connectivity index (χ0v) is 21.9. The molecular formula is C30H30N2O4S. The Kier molecular flexibility index (Phi) is 7.94. The average Bonchev–Trinajstić information content (AvgIpc) is 2.89. The normalized spacial score (nSPS) is 12.8. The molecule has 0 aliphatic carbocycles. The van der Waals surface area contributed by atoms with E-state index in [0.717, 1.165) is 27.3 Å². The summed E-state index contributed by atoms with van der Waals surface area (Å²) in [5, 5.41) is 3.09. The van der Waals surface area contributed by atoms with Crippen LogP contribution in [0.3, 0.4) is 0 Å². The number of amides is 1. The van der Waals surface area contributed by atoms with Gasteiger partial charge in [0.15, 0.2) is 0 Å². The van der Waals surface area contributed by atoms with Gasteiger partial charge in [0.1, 0.15) is 17.5 Å². The van der Waals surface area contributed by atoms with E-state index in [1.807, 2.05) is 91.9 Å². The first-order valence-electron chi connectivity index (χ1n) is 12.0. The van der Waals surface area contributed by atoms with Crippen LogP contribution < -0.4 is 14.4 Å². The molecule has 1 N–H and O–H groups in total. The number of ether oxygens (including phenoxy) is 1. The number of anilines is 1. The fraction of sp³-hybridized carbons (Fsp3) is 0.167. The van der Waals surface area contributed by atoms with Gasteiger partial charge in [0.25, 0.3) is 0 Å². The lowest BCUT2D eigenvalue weighted by molar-refractivity contribution is -0.122. The maximum atomic E-state index is 13.5. The van der Waals surface area contributed by atoms with Gasteiger partial charge in [-0.05, 0) is 66.9 Å². The number of aryl methyl sites for hydroxylation is 1. The van der Waals surface area contributed by atoms with Gasteiger partial charge in [-0.15, -0.1) is 0 Å². The highest BCUT2D eigenvalue weighted by Crippen LogP contribution is 2.29. The lowest BCUT2D eigenvalue weighted by Gasteiger charge is -2.30. The summed E-state index contributed by atoms with van der Waals surface area (Å²) in [4.78, 5) is 13.5. The molecule has 0 saturated carbocycles. The third-order valence-electron chi connectivity index (χ3n) is 6.08. The van der Waals surface area contributed by atoms with Crippen LogP contribution in [-0.2, 0) is 14.8 Å². The summed E-state index contributed by atoms with van der Waals surface area (Å²) in [6, 6.07) is 32.0. The van der Waals surface area contributed by atoms with Gasteiger partial charge in [0.2, 0.25) is 15.9 Å². The van der Waals surface area contributed by atoms with Gasteiger partial charge >= 0.3 is 0 Å². The van der Waals surface area contributed by atoms with Crippen LogP contribution in [0, 0.1) is 6.92 Å². The molecule has 2 unspecified atom stereocenters. The van der Waals surface area contributed by atoms with Crippen LogP contribution in [0.25, 0.3) is 0 Å². The van der Waals surface area contributed by atoms with Crippen molar-refractivity contribution < 1.29 is 17.9 Å². The molecular weight excluding hydrogens is 484 g/mol.